The minimum absolute atomic E-state index is 0.00994. The fraction of sp³-hybridized carbons (Fsp3) is 0.350. The number of amides is 2. The van der Waals surface area contributed by atoms with Gasteiger partial charge in [0.25, 0.3) is 11.5 Å². The zero-order valence-electron chi connectivity index (χ0n) is 14.7. The van der Waals surface area contributed by atoms with E-state index in [4.69, 9.17) is 0 Å². The molecule has 136 valence electrons. The van der Waals surface area contributed by atoms with Gasteiger partial charge >= 0.3 is 0 Å². The van der Waals surface area contributed by atoms with Crippen LogP contribution in [0.15, 0.2) is 59.5 Å². The Hall–Kier alpha value is -2.89. The number of rotatable bonds is 4. The highest BCUT2D eigenvalue weighted by molar-refractivity contribution is 5.94. The molecule has 1 saturated heterocycles. The first-order valence-electron chi connectivity index (χ1n) is 8.93. The molecule has 0 radical (unpaired) electrons. The smallest absolute Gasteiger partial charge is 0.253 e. The molecule has 0 atom stereocenters. The molecule has 0 N–H and O–H groups in total. The monoisotopic (exact) mass is 353 g/mol. The first kappa shape index (κ1) is 17.9. The molecule has 26 heavy (non-hydrogen) atoms. The summed E-state index contributed by atoms with van der Waals surface area (Å²) in [5.74, 6) is 0.0329. The van der Waals surface area contributed by atoms with Crippen molar-refractivity contribution >= 4 is 11.8 Å². The van der Waals surface area contributed by atoms with Crippen LogP contribution < -0.4 is 5.56 Å². The van der Waals surface area contributed by atoms with Gasteiger partial charge < -0.3 is 14.4 Å². The average Bonchev–Trinajstić information content (AvgIpc) is 2.93. The van der Waals surface area contributed by atoms with Gasteiger partial charge in [0.05, 0.1) is 0 Å². The molecule has 0 spiro atoms. The molecular formula is C20H23N3O3. The molecular weight excluding hydrogens is 330 g/mol. The number of carbonyl (C=O) groups is 2. The molecule has 6 heteroatoms. The zero-order chi connectivity index (χ0) is 18.4. The Morgan fingerprint density at radius 1 is 0.846 bits per heavy atom. The Morgan fingerprint density at radius 3 is 2.31 bits per heavy atom. The molecule has 2 heterocycles. The SMILES string of the molecule is O=C(CCn1ccccc1=O)N1CCCN(C(=O)c2ccccc2)CC1. The maximum atomic E-state index is 12.6. The topological polar surface area (TPSA) is 62.6 Å². The van der Waals surface area contributed by atoms with Gasteiger partial charge in [-0.1, -0.05) is 24.3 Å². The van der Waals surface area contributed by atoms with Crippen LogP contribution in [0.4, 0.5) is 0 Å². The number of hydrogen-bond donors (Lipinski definition) is 0. The minimum atomic E-state index is -0.101. The van der Waals surface area contributed by atoms with Gasteiger partial charge in [-0.2, -0.15) is 0 Å². The zero-order valence-corrected chi connectivity index (χ0v) is 14.7. The van der Waals surface area contributed by atoms with Crippen LogP contribution in [0.2, 0.25) is 0 Å². The second-order valence-electron chi connectivity index (χ2n) is 6.37. The van der Waals surface area contributed by atoms with Crippen LogP contribution >= 0.6 is 0 Å². The van der Waals surface area contributed by atoms with Gasteiger partial charge in [-0.15, -0.1) is 0 Å². The molecule has 0 bridgehead atoms. The summed E-state index contributed by atoms with van der Waals surface area (Å²) in [5, 5.41) is 0. The number of nitrogens with zero attached hydrogens (tertiary/aromatic N) is 3. The third-order valence-corrected chi connectivity index (χ3v) is 4.62. The van der Waals surface area contributed by atoms with Crippen molar-refractivity contribution in [3.63, 3.8) is 0 Å². The quantitative estimate of drug-likeness (QED) is 0.839. The molecule has 1 aliphatic rings. The average molecular weight is 353 g/mol. The van der Waals surface area contributed by atoms with Gasteiger partial charge in [0.15, 0.2) is 0 Å². The van der Waals surface area contributed by atoms with Crippen LogP contribution in [-0.4, -0.2) is 52.4 Å². The number of hydrogen-bond acceptors (Lipinski definition) is 3. The molecule has 1 aromatic carbocycles. The van der Waals surface area contributed by atoms with Crippen LogP contribution in [-0.2, 0) is 11.3 Å². The van der Waals surface area contributed by atoms with E-state index in [0.717, 1.165) is 6.42 Å². The number of aromatic nitrogens is 1. The van der Waals surface area contributed by atoms with Crippen molar-refractivity contribution in [1.29, 1.82) is 0 Å². The lowest BCUT2D eigenvalue weighted by Crippen LogP contribution is -2.37. The van der Waals surface area contributed by atoms with E-state index in [1.54, 1.807) is 27.8 Å². The lowest BCUT2D eigenvalue weighted by molar-refractivity contribution is -0.131. The first-order valence-corrected chi connectivity index (χ1v) is 8.93. The molecule has 1 fully saturated rings. The van der Waals surface area contributed by atoms with E-state index in [2.05, 4.69) is 0 Å². The van der Waals surface area contributed by atoms with Crippen molar-refractivity contribution in [3.05, 3.63) is 70.6 Å². The summed E-state index contributed by atoms with van der Waals surface area (Å²) in [6.07, 6.45) is 2.74. The Balaban J connectivity index is 1.55. The van der Waals surface area contributed by atoms with E-state index in [-0.39, 0.29) is 23.8 Å². The highest BCUT2D eigenvalue weighted by Crippen LogP contribution is 2.10. The third kappa shape index (κ3) is 4.39. The summed E-state index contributed by atoms with van der Waals surface area (Å²) in [5.41, 5.74) is 0.575. The standard InChI is InChI=1S/C20H23N3O3/c24-18-9-4-5-11-21(18)14-10-19(25)22-12-6-13-23(16-15-22)20(26)17-7-2-1-3-8-17/h1-5,7-9,11H,6,10,12-16H2. The van der Waals surface area contributed by atoms with Crippen molar-refractivity contribution < 1.29 is 9.59 Å². The van der Waals surface area contributed by atoms with E-state index in [1.807, 2.05) is 35.2 Å². The van der Waals surface area contributed by atoms with Gasteiger partial charge in [-0.3, -0.25) is 14.4 Å². The van der Waals surface area contributed by atoms with Crippen LogP contribution in [0.5, 0.6) is 0 Å². The molecule has 0 saturated carbocycles. The van der Waals surface area contributed by atoms with Crippen molar-refractivity contribution in [2.24, 2.45) is 0 Å². The summed E-state index contributed by atoms with van der Waals surface area (Å²) in [7, 11) is 0. The van der Waals surface area contributed by atoms with Crippen molar-refractivity contribution in [2.45, 2.75) is 19.4 Å². The summed E-state index contributed by atoms with van der Waals surface area (Å²) in [4.78, 5) is 40.4. The normalized spacial score (nSPS) is 14.8. The molecule has 1 aliphatic heterocycles. The van der Waals surface area contributed by atoms with Gasteiger partial charge in [-0.25, -0.2) is 0 Å². The van der Waals surface area contributed by atoms with Crippen LogP contribution in [0.1, 0.15) is 23.2 Å². The van der Waals surface area contributed by atoms with Crippen LogP contribution in [0.3, 0.4) is 0 Å². The Kier molecular flexibility index (Phi) is 5.84. The second-order valence-corrected chi connectivity index (χ2v) is 6.37. The summed E-state index contributed by atoms with van der Waals surface area (Å²) >= 11 is 0. The van der Waals surface area contributed by atoms with E-state index in [0.29, 0.717) is 38.3 Å². The van der Waals surface area contributed by atoms with Gasteiger partial charge in [0.2, 0.25) is 5.91 Å². The number of benzene rings is 1. The molecule has 2 amide bonds. The first-order chi connectivity index (χ1) is 12.6. The number of carbonyl (C=O) groups excluding carboxylic acids is 2. The van der Waals surface area contributed by atoms with Crippen molar-refractivity contribution in [2.75, 3.05) is 26.2 Å². The summed E-state index contributed by atoms with van der Waals surface area (Å²) in [6.45, 7) is 2.73. The Labute approximate surface area is 152 Å². The Bertz CT molecular complexity index is 816. The van der Waals surface area contributed by atoms with Gasteiger partial charge in [0, 0.05) is 57.0 Å². The van der Waals surface area contributed by atoms with Gasteiger partial charge in [0.1, 0.15) is 0 Å². The van der Waals surface area contributed by atoms with Crippen molar-refractivity contribution in [3.8, 4) is 0 Å². The third-order valence-electron chi connectivity index (χ3n) is 4.62. The van der Waals surface area contributed by atoms with Crippen molar-refractivity contribution in [1.82, 2.24) is 14.4 Å². The molecule has 2 aromatic rings. The Morgan fingerprint density at radius 2 is 1.54 bits per heavy atom. The molecule has 0 aliphatic carbocycles. The highest BCUT2D eigenvalue weighted by Gasteiger charge is 2.22. The molecule has 0 unspecified atom stereocenters. The lowest BCUT2D eigenvalue weighted by Gasteiger charge is -2.22. The van der Waals surface area contributed by atoms with Crippen LogP contribution in [0, 0.1) is 0 Å². The van der Waals surface area contributed by atoms with E-state index in [1.165, 1.54) is 6.07 Å². The van der Waals surface area contributed by atoms with E-state index >= 15 is 0 Å². The highest BCUT2D eigenvalue weighted by atomic mass is 16.2. The van der Waals surface area contributed by atoms with Gasteiger partial charge in [-0.05, 0) is 24.6 Å². The molecule has 6 nitrogen and oxygen atoms in total. The fourth-order valence-electron chi connectivity index (χ4n) is 3.15. The molecule has 1 aromatic heterocycles. The predicted octanol–water partition coefficient (Wildman–Crippen LogP) is 1.61. The predicted molar refractivity (Wildman–Crippen MR) is 98.9 cm³/mol. The van der Waals surface area contributed by atoms with E-state index in [9.17, 15) is 14.4 Å². The lowest BCUT2D eigenvalue weighted by atomic mass is 10.2. The van der Waals surface area contributed by atoms with E-state index < -0.39 is 0 Å². The number of pyridine rings is 1. The molecule has 3 rings (SSSR count). The fourth-order valence-corrected chi connectivity index (χ4v) is 3.15. The minimum Gasteiger partial charge on any atom is -0.341 e. The summed E-state index contributed by atoms with van der Waals surface area (Å²) < 4.78 is 1.54. The maximum Gasteiger partial charge on any atom is 0.253 e. The van der Waals surface area contributed by atoms with Crippen LogP contribution in [0.25, 0.3) is 0 Å². The maximum absolute atomic E-state index is 12.6. The summed E-state index contributed by atoms with van der Waals surface area (Å²) in [6, 6.07) is 14.2. The largest absolute Gasteiger partial charge is 0.341 e. The second kappa shape index (κ2) is 8.47. The number of aryl methyl sites for hydroxylation is 1.